The molecule has 0 saturated carbocycles. The van der Waals surface area contributed by atoms with Crippen molar-refractivity contribution in [1.29, 1.82) is 0 Å². The topological polar surface area (TPSA) is 48.9 Å². The van der Waals surface area contributed by atoms with Gasteiger partial charge >= 0.3 is 6.18 Å². The fourth-order valence-electron chi connectivity index (χ4n) is 2.20. The van der Waals surface area contributed by atoms with E-state index in [1.54, 1.807) is 18.2 Å². The van der Waals surface area contributed by atoms with E-state index in [-0.39, 0.29) is 17.0 Å². The number of phenolic OH excluding ortho intramolecular Hbond substituents is 1. The molecule has 0 atom stereocenters. The zero-order valence-electron chi connectivity index (χ0n) is 11.5. The molecule has 0 bridgehead atoms. The fraction of sp³-hybridized carbons (Fsp3) is 0.0625. The predicted molar refractivity (Wildman–Crippen MR) is 76.1 cm³/mol. The maximum absolute atomic E-state index is 14.0. The number of hydrogen-bond donors (Lipinski definition) is 2. The van der Waals surface area contributed by atoms with E-state index in [9.17, 15) is 22.7 Å². The van der Waals surface area contributed by atoms with Gasteiger partial charge in [0.15, 0.2) is 0 Å². The van der Waals surface area contributed by atoms with Crippen LogP contribution in [0, 0.1) is 5.82 Å². The molecule has 118 valence electrons. The van der Waals surface area contributed by atoms with Crippen molar-refractivity contribution in [3.8, 4) is 28.3 Å². The van der Waals surface area contributed by atoms with Crippen LogP contribution in [0.4, 0.5) is 17.6 Å². The van der Waals surface area contributed by atoms with Gasteiger partial charge in [-0.15, -0.1) is 0 Å². The Morgan fingerprint density at radius 1 is 0.957 bits per heavy atom. The molecule has 7 heteroatoms. The summed E-state index contributed by atoms with van der Waals surface area (Å²) in [5.41, 5.74) is -0.0828. The van der Waals surface area contributed by atoms with Crippen molar-refractivity contribution in [3.05, 3.63) is 59.9 Å². The van der Waals surface area contributed by atoms with Crippen LogP contribution in [-0.4, -0.2) is 15.3 Å². The van der Waals surface area contributed by atoms with E-state index in [4.69, 9.17) is 0 Å². The van der Waals surface area contributed by atoms with E-state index < -0.39 is 17.6 Å². The van der Waals surface area contributed by atoms with E-state index in [1.165, 1.54) is 12.1 Å². The molecule has 2 aromatic carbocycles. The summed E-state index contributed by atoms with van der Waals surface area (Å²) in [7, 11) is 0. The number of aromatic amines is 1. The van der Waals surface area contributed by atoms with Crippen LogP contribution in [0.2, 0.25) is 0 Å². The second kappa shape index (κ2) is 5.42. The normalized spacial score (nSPS) is 11.7. The molecule has 0 radical (unpaired) electrons. The van der Waals surface area contributed by atoms with Crippen LogP contribution in [0.15, 0.2) is 48.5 Å². The smallest absolute Gasteiger partial charge is 0.416 e. The maximum Gasteiger partial charge on any atom is 0.416 e. The van der Waals surface area contributed by atoms with Crippen molar-refractivity contribution < 1.29 is 22.7 Å². The van der Waals surface area contributed by atoms with Gasteiger partial charge in [0.25, 0.3) is 0 Å². The fourth-order valence-corrected chi connectivity index (χ4v) is 2.20. The van der Waals surface area contributed by atoms with E-state index in [2.05, 4.69) is 10.2 Å². The quantitative estimate of drug-likeness (QED) is 0.677. The Hall–Kier alpha value is -2.83. The largest absolute Gasteiger partial charge is 0.507 e. The van der Waals surface area contributed by atoms with Crippen molar-refractivity contribution in [2.45, 2.75) is 6.18 Å². The molecule has 0 fully saturated rings. The average molecular weight is 322 g/mol. The van der Waals surface area contributed by atoms with Crippen molar-refractivity contribution >= 4 is 0 Å². The number of benzene rings is 2. The molecule has 1 aromatic heterocycles. The molecule has 3 nitrogen and oxygen atoms in total. The first kappa shape index (κ1) is 15.1. The third-order valence-corrected chi connectivity index (χ3v) is 3.34. The van der Waals surface area contributed by atoms with Gasteiger partial charge in [0.05, 0.1) is 17.0 Å². The molecule has 0 unspecified atom stereocenters. The second-order valence-electron chi connectivity index (χ2n) is 4.88. The van der Waals surface area contributed by atoms with Gasteiger partial charge in [0.1, 0.15) is 11.6 Å². The molecule has 0 aliphatic heterocycles. The van der Waals surface area contributed by atoms with Crippen molar-refractivity contribution in [1.82, 2.24) is 10.2 Å². The number of aromatic hydroxyl groups is 1. The lowest BCUT2D eigenvalue weighted by molar-refractivity contribution is -0.137. The van der Waals surface area contributed by atoms with Gasteiger partial charge in [-0.2, -0.15) is 18.3 Å². The third kappa shape index (κ3) is 2.90. The van der Waals surface area contributed by atoms with Crippen molar-refractivity contribution in [2.24, 2.45) is 0 Å². The molecular weight excluding hydrogens is 312 g/mol. The first-order valence-corrected chi connectivity index (χ1v) is 6.57. The summed E-state index contributed by atoms with van der Waals surface area (Å²) in [5, 5.41) is 16.3. The number of nitrogens with zero attached hydrogens (tertiary/aromatic N) is 1. The van der Waals surface area contributed by atoms with E-state index >= 15 is 0 Å². The number of alkyl halides is 3. The molecule has 23 heavy (non-hydrogen) atoms. The number of halogens is 4. The first-order chi connectivity index (χ1) is 10.9. The molecule has 3 aromatic rings. The Morgan fingerprint density at radius 3 is 2.35 bits per heavy atom. The Kier molecular flexibility index (Phi) is 3.55. The van der Waals surface area contributed by atoms with Gasteiger partial charge in [0.2, 0.25) is 0 Å². The molecule has 0 spiro atoms. The van der Waals surface area contributed by atoms with Crippen molar-refractivity contribution in [3.63, 3.8) is 0 Å². The number of nitrogens with one attached hydrogen (secondary N) is 1. The van der Waals surface area contributed by atoms with Gasteiger partial charge in [-0.3, -0.25) is 5.10 Å². The van der Waals surface area contributed by atoms with Gasteiger partial charge in [-0.1, -0.05) is 12.1 Å². The molecule has 0 aliphatic rings. The highest BCUT2D eigenvalue weighted by Gasteiger charge is 2.31. The Morgan fingerprint density at radius 2 is 1.70 bits per heavy atom. The standard InChI is InChI=1S/C16H10F4N2O/c17-12-7-9(16(18,19)20)5-6-10(12)13-8-14(22-21-13)11-3-1-2-4-15(11)23/h1-8,23H,(H,21,22). The summed E-state index contributed by atoms with van der Waals surface area (Å²) in [6.07, 6.45) is -4.60. The first-order valence-electron chi connectivity index (χ1n) is 6.57. The highest BCUT2D eigenvalue weighted by molar-refractivity contribution is 5.72. The lowest BCUT2D eigenvalue weighted by Gasteiger charge is -2.08. The average Bonchev–Trinajstić information content (AvgIpc) is 2.96. The zero-order valence-corrected chi connectivity index (χ0v) is 11.5. The number of rotatable bonds is 2. The van der Waals surface area contributed by atoms with Crippen LogP contribution in [-0.2, 0) is 6.18 Å². The predicted octanol–water partition coefficient (Wildman–Crippen LogP) is 4.61. The van der Waals surface area contributed by atoms with E-state index in [0.29, 0.717) is 17.3 Å². The number of hydrogen-bond acceptors (Lipinski definition) is 2. The molecule has 2 N–H and O–H groups in total. The van der Waals surface area contributed by atoms with Crippen LogP contribution < -0.4 is 0 Å². The van der Waals surface area contributed by atoms with Gasteiger partial charge in [0, 0.05) is 11.1 Å². The van der Waals surface area contributed by atoms with Crippen molar-refractivity contribution in [2.75, 3.05) is 0 Å². The lowest BCUT2D eigenvalue weighted by atomic mass is 10.1. The molecule has 0 aliphatic carbocycles. The van der Waals surface area contributed by atoms with Gasteiger partial charge in [-0.25, -0.2) is 4.39 Å². The van der Waals surface area contributed by atoms with Crippen LogP contribution >= 0.6 is 0 Å². The third-order valence-electron chi connectivity index (χ3n) is 3.34. The van der Waals surface area contributed by atoms with Crippen LogP contribution in [0.1, 0.15) is 5.56 Å². The molecular formula is C16H10F4N2O. The number of aromatic nitrogens is 2. The summed E-state index contributed by atoms with van der Waals surface area (Å²) >= 11 is 0. The van der Waals surface area contributed by atoms with E-state index in [1.807, 2.05) is 0 Å². The number of phenols is 1. The van der Waals surface area contributed by atoms with Gasteiger partial charge in [-0.05, 0) is 36.4 Å². The summed E-state index contributed by atoms with van der Waals surface area (Å²) in [6.45, 7) is 0. The molecule has 0 saturated heterocycles. The van der Waals surface area contributed by atoms with E-state index in [0.717, 1.165) is 12.1 Å². The monoisotopic (exact) mass is 322 g/mol. The maximum atomic E-state index is 14.0. The second-order valence-corrected chi connectivity index (χ2v) is 4.88. The Labute approximate surface area is 128 Å². The lowest BCUT2D eigenvalue weighted by Crippen LogP contribution is -2.05. The number of para-hydroxylation sites is 1. The minimum absolute atomic E-state index is 0.00144. The van der Waals surface area contributed by atoms with Gasteiger partial charge < -0.3 is 5.11 Å². The minimum atomic E-state index is -4.60. The molecule has 1 heterocycles. The number of H-pyrrole nitrogens is 1. The zero-order chi connectivity index (χ0) is 16.6. The molecule has 3 rings (SSSR count). The summed E-state index contributed by atoms with van der Waals surface area (Å²) < 4.78 is 51.6. The SMILES string of the molecule is Oc1ccccc1-c1cc(-c2ccc(C(F)(F)F)cc2F)[nH]n1. The Balaban J connectivity index is 2.00. The highest BCUT2D eigenvalue weighted by Crippen LogP contribution is 2.34. The highest BCUT2D eigenvalue weighted by atomic mass is 19.4. The minimum Gasteiger partial charge on any atom is -0.507 e. The van der Waals surface area contributed by atoms with Crippen LogP contribution in [0.25, 0.3) is 22.5 Å². The summed E-state index contributed by atoms with van der Waals surface area (Å²) in [5.74, 6) is -1.01. The molecule has 0 amide bonds. The Bertz CT molecular complexity index is 855. The van der Waals surface area contributed by atoms with Crippen LogP contribution in [0.5, 0.6) is 5.75 Å². The van der Waals surface area contributed by atoms with Crippen LogP contribution in [0.3, 0.4) is 0 Å². The summed E-state index contributed by atoms with van der Waals surface area (Å²) in [6, 6.07) is 10.2. The summed E-state index contributed by atoms with van der Waals surface area (Å²) in [4.78, 5) is 0.